The van der Waals surface area contributed by atoms with Gasteiger partial charge in [0.15, 0.2) is 0 Å². The Bertz CT molecular complexity index is 4640. The van der Waals surface area contributed by atoms with Crippen LogP contribution in [0.2, 0.25) is 0 Å². The van der Waals surface area contributed by atoms with Gasteiger partial charge in [-0.2, -0.15) is 26.3 Å². The third kappa shape index (κ3) is 11.1. The summed E-state index contributed by atoms with van der Waals surface area (Å²) in [5.41, 5.74) is -7.33. The number of fused-ring (bicyclic) bond motifs is 8. The molecule has 22 heteroatoms. The molecule has 14 nitrogen and oxygen atoms in total. The van der Waals surface area contributed by atoms with Crippen molar-refractivity contribution < 1.29 is 93.1 Å². The van der Waals surface area contributed by atoms with Crippen LogP contribution in [0.15, 0.2) is 222 Å². The van der Waals surface area contributed by atoms with E-state index in [0.717, 1.165) is 35.2 Å². The second kappa shape index (κ2) is 24.2. The molecular weight excluding hydrogens is 1290 g/mol. The van der Waals surface area contributed by atoms with Crippen molar-refractivity contribution in [2.75, 3.05) is 0 Å². The van der Waals surface area contributed by atoms with Crippen LogP contribution in [-0.4, -0.2) is 57.9 Å². The van der Waals surface area contributed by atoms with Crippen molar-refractivity contribution in [1.29, 1.82) is 0 Å². The molecule has 0 bridgehead atoms. The molecule has 0 saturated carbocycles. The molecule has 4 aliphatic carbocycles. The number of esters is 4. The number of halogens is 6. The quantitative estimate of drug-likeness (QED) is 0.0249. The van der Waals surface area contributed by atoms with E-state index in [-0.39, 0.29) is 109 Å². The number of benzene rings is 6. The topological polar surface area (TPSA) is 192 Å². The fourth-order valence-electron chi connectivity index (χ4n) is 12.5. The summed E-state index contributed by atoms with van der Waals surface area (Å²) in [5.74, 6) is -11.1. The first-order valence-corrected chi connectivity index (χ1v) is 31.5. The van der Waals surface area contributed by atoms with Gasteiger partial charge in [-0.15, -0.1) is 23.1 Å². The summed E-state index contributed by atoms with van der Waals surface area (Å²) >= 11 is 1.91. The minimum atomic E-state index is -4.87. The molecule has 480 valence electrons. The summed E-state index contributed by atoms with van der Waals surface area (Å²) in [6, 6.07) is 40.0. The van der Waals surface area contributed by atoms with Gasteiger partial charge < -0.3 is 28.4 Å². The highest BCUT2D eigenvalue weighted by atomic mass is 32.2. The molecule has 3 atom stereocenters. The SMILES string of the molecule is O=C1C(=O)c2ccc(C(F)(F)F)cc2/C1=C/c1cc2c(s1)C1=CC3C=C4OC(C(=O)OCc5ccccc5)(C(=O)OCc5ccccc5)C5=C(SC(/C=C6\C(=O)C(=O)c7ccc(C(F)(F)F)cc76)C5)C4=CC3C=C1OC2(C(=O)OCc1ccccc1)C(=O)OCc1ccccc1. The fourth-order valence-corrected chi connectivity index (χ4v) is 15.1. The van der Waals surface area contributed by atoms with Crippen molar-refractivity contribution in [3.63, 3.8) is 0 Å². The standard InChI is InChI=1S/C74H46F6O14S2/c75-73(76,77)45-21-23-49-51(29-45)53(63(83)61(49)81)31-47-33-57-65(95-47)55-25-44-28-60-56(26-43(44)27-59(55)93-71(57,67(85)89-35-39-13-5-1-6-14-39)68(86)90-36-40-15-7-2-8-16-40)66-58(34-48(96-66)32-54-52-30-46(74(78,79)80)22-24-50(52)62(82)64(54)84)72(94-60,69(87)91-37-41-17-9-3-10-18-41)70(88)92-38-42-19-11-4-12-20-42/h1-33,43-44,48H,34-38H2/b53-31-,54-32-. The van der Waals surface area contributed by atoms with Crippen LogP contribution in [0, 0.1) is 11.8 Å². The lowest BCUT2D eigenvalue weighted by atomic mass is 9.75. The molecule has 14 rings (SSSR count). The van der Waals surface area contributed by atoms with Crippen LogP contribution < -0.4 is 0 Å². The molecule has 7 aliphatic rings. The van der Waals surface area contributed by atoms with Crippen molar-refractivity contribution in [2.45, 2.75) is 61.7 Å². The Labute approximate surface area is 549 Å². The number of ketones is 4. The Balaban J connectivity index is 0.924. The minimum Gasteiger partial charge on any atom is -0.460 e. The van der Waals surface area contributed by atoms with Crippen molar-refractivity contribution >= 4 is 92.9 Å². The van der Waals surface area contributed by atoms with Gasteiger partial charge in [0.25, 0.3) is 0 Å². The summed E-state index contributed by atoms with van der Waals surface area (Å²) < 4.78 is 123. The highest BCUT2D eigenvalue weighted by Crippen LogP contribution is 2.59. The van der Waals surface area contributed by atoms with E-state index in [0.29, 0.717) is 46.5 Å². The predicted molar refractivity (Wildman–Crippen MR) is 335 cm³/mol. The van der Waals surface area contributed by atoms with Crippen LogP contribution in [0.1, 0.15) is 87.0 Å². The Kier molecular flexibility index (Phi) is 15.8. The lowest BCUT2D eigenvalue weighted by Crippen LogP contribution is -2.54. The highest BCUT2D eigenvalue weighted by molar-refractivity contribution is 8.04. The van der Waals surface area contributed by atoms with Crippen LogP contribution in [-0.2, 0) is 102 Å². The third-order valence-corrected chi connectivity index (χ3v) is 19.6. The second-order valence-electron chi connectivity index (χ2n) is 23.2. The zero-order valence-electron chi connectivity index (χ0n) is 49.6. The number of alkyl halides is 6. The zero-order chi connectivity index (χ0) is 67.0. The maximum Gasteiger partial charge on any atom is 0.416 e. The normalized spacial score (nSPS) is 20.2. The number of Topliss-reactive ketones (excluding diaryl/α,β-unsaturated/α-hetero) is 4. The van der Waals surface area contributed by atoms with Crippen LogP contribution in [0.3, 0.4) is 0 Å². The first kappa shape index (κ1) is 62.7. The molecule has 3 unspecified atom stereocenters. The molecule has 0 amide bonds. The molecule has 7 aromatic rings. The third-order valence-electron chi connectivity index (χ3n) is 17.2. The maximum atomic E-state index is 15.4. The van der Waals surface area contributed by atoms with Crippen molar-refractivity contribution in [3.05, 3.63) is 293 Å². The van der Waals surface area contributed by atoms with E-state index in [1.54, 1.807) is 146 Å². The number of hydrogen-bond acceptors (Lipinski definition) is 16. The van der Waals surface area contributed by atoms with E-state index in [9.17, 15) is 45.5 Å². The number of thiophene rings is 1. The van der Waals surface area contributed by atoms with Gasteiger partial charge in [0, 0.05) is 76.3 Å². The number of hydrogen-bond donors (Lipinski definition) is 0. The molecule has 0 N–H and O–H groups in total. The maximum absolute atomic E-state index is 15.4. The van der Waals surface area contributed by atoms with Gasteiger partial charge in [-0.25, -0.2) is 19.2 Å². The number of ether oxygens (including phenoxy) is 6. The van der Waals surface area contributed by atoms with Gasteiger partial charge in [0.05, 0.1) is 11.1 Å². The molecular formula is C74H46F6O14S2. The summed E-state index contributed by atoms with van der Waals surface area (Å²) in [6.45, 7) is -1.49. The predicted octanol–water partition coefficient (Wildman–Crippen LogP) is 14.0. The monoisotopic (exact) mass is 1340 g/mol. The largest absolute Gasteiger partial charge is 0.460 e. The second-order valence-corrected chi connectivity index (χ2v) is 25.6. The smallest absolute Gasteiger partial charge is 0.416 e. The first-order valence-electron chi connectivity index (χ1n) is 29.8. The summed E-state index contributed by atoms with van der Waals surface area (Å²) in [7, 11) is 0. The highest BCUT2D eigenvalue weighted by Gasteiger charge is 2.63. The van der Waals surface area contributed by atoms with E-state index in [1.807, 2.05) is 0 Å². The number of allylic oxidation sites excluding steroid dienone is 8. The first-order chi connectivity index (χ1) is 46.1. The molecule has 4 heterocycles. The van der Waals surface area contributed by atoms with E-state index < -0.39 is 104 Å². The van der Waals surface area contributed by atoms with Gasteiger partial charge in [0.1, 0.15) is 37.9 Å². The Morgan fingerprint density at radius 2 is 0.885 bits per heavy atom. The lowest BCUT2D eigenvalue weighted by Gasteiger charge is -2.41. The van der Waals surface area contributed by atoms with Gasteiger partial charge in [-0.1, -0.05) is 140 Å². The van der Waals surface area contributed by atoms with E-state index in [1.165, 1.54) is 18.2 Å². The molecule has 3 aliphatic heterocycles. The minimum absolute atomic E-state index is 0.0205. The zero-order valence-corrected chi connectivity index (χ0v) is 51.3. The Morgan fingerprint density at radius 3 is 1.34 bits per heavy atom. The van der Waals surface area contributed by atoms with E-state index in [4.69, 9.17) is 28.4 Å². The molecule has 0 spiro atoms. The van der Waals surface area contributed by atoms with Crippen molar-refractivity contribution in [3.8, 4) is 0 Å². The van der Waals surface area contributed by atoms with E-state index in [2.05, 4.69) is 0 Å². The average Bonchev–Trinajstić information content (AvgIpc) is 1.34. The van der Waals surface area contributed by atoms with Gasteiger partial charge in [-0.05, 0) is 100 Å². The molecule has 1 aromatic heterocycles. The number of carbonyl (C=O) groups excluding carboxylic acids is 8. The summed E-state index contributed by atoms with van der Waals surface area (Å²) in [6.07, 6.45) is -0.916. The van der Waals surface area contributed by atoms with Gasteiger partial charge in [-0.3, -0.25) is 19.2 Å². The molecule has 0 saturated heterocycles. The van der Waals surface area contributed by atoms with E-state index >= 15 is 19.2 Å². The Hall–Kier alpha value is -10.7. The van der Waals surface area contributed by atoms with Crippen LogP contribution in [0.25, 0.3) is 22.8 Å². The fraction of sp³-hybridized carbons (Fsp3) is 0.162. The number of carbonyl (C=O) groups is 8. The number of thioether (sulfide) groups is 1. The van der Waals surface area contributed by atoms with Gasteiger partial charge >= 0.3 is 47.4 Å². The van der Waals surface area contributed by atoms with Crippen LogP contribution in [0.5, 0.6) is 0 Å². The van der Waals surface area contributed by atoms with Crippen molar-refractivity contribution in [2.24, 2.45) is 11.8 Å². The summed E-state index contributed by atoms with van der Waals surface area (Å²) in [4.78, 5) is 116. The Morgan fingerprint density at radius 1 is 0.479 bits per heavy atom. The summed E-state index contributed by atoms with van der Waals surface area (Å²) in [5, 5.41) is -0.992. The van der Waals surface area contributed by atoms with Crippen LogP contribution in [0.4, 0.5) is 26.3 Å². The molecule has 0 radical (unpaired) electrons. The molecule has 0 fully saturated rings. The van der Waals surface area contributed by atoms with Crippen LogP contribution >= 0.6 is 23.1 Å². The molecule has 96 heavy (non-hydrogen) atoms. The number of rotatable bonds is 14. The van der Waals surface area contributed by atoms with Crippen molar-refractivity contribution in [1.82, 2.24) is 0 Å². The average molecular weight is 1340 g/mol. The van der Waals surface area contributed by atoms with Gasteiger partial charge in [0.2, 0.25) is 23.1 Å². The molecule has 6 aromatic carbocycles. The lowest BCUT2D eigenvalue weighted by molar-refractivity contribution is -0.190.